The molecular formula is C31H29ClO3P+. The number of hydrogen-bond acceptors (Lipinski definition) is 3. The smallest absolute Gasteiger partial charge is 0.356 e. The Bertz CT molecular complexity index is 1180. The molecule has 0 saturated carbocycles. The van der Waals surface area contributed by atoms with Crippen LogP contribution in [0.3, 0.4) is 0 Å². The highest BCUT2D eigenvalue weighted by molar-refractivity contribution is 7.97. The quantitative estimate of drug-likeness (QED) is 0.153. The Morgan fingerprint density at radius 3 is 1.58 bits per heavy atom. The van der Waals surface area contributed by atoms with Gasteiger partial charge in [-0.05, 0) is 67.4 Å². The molecule has 3 nitrogen and oxygen atoms in total. The van der Waals surface area contributed by atoms with E-state index in [2.05, 4.69) is 0 Å². The first-order chi connectivity index (χ1) is 17.6. The lowest BCUT2D eigenvalue weighted by Crippen LogP contribution is -2.47. The van der Waals surface area contributed by atoms with Crippen LogP contribution in [0.5, 0.6) is 0 Å². The minimum Gasteiger partial charge on any atom is -0.463 e. The van der Waals surface area contributed by atoms with Crippen molar-refractivity contribution >= 4 is 46.5 Å². The maximum absolute atomic E-state index is 14.2. The zero-order valence-electron chi connectivity index (χ0n) is 20.2. The topological polar surface area (TPSA) is 43.4 Å². The van der Waals surface area contributed by atoms with Gasteiger partial charge in [0.1, 0.15) is 23.2 Å². The van der Waals surface area contributed by atoms with Crippen LogP contribution in [0.4, 0.5) is 0 Å². The van der Waals surface area contributed by atoms with Gasteiger partial charge < -0.3 is 4.74 Å². The molecule has 5 heteroatoms. The molecule has 36 heavy (non-hydrogen) atoms. The molecule has 0 aliphatic rings. The van der Waals surface area contributed by atoms with Crippen LogP contribution >= 0.6 is 18.9 Å². The van der Waals surface area contributed by atoms with Gasteiger partial charge in [0, 0.05) is 11.4 Å². The van der Waals surface area contributed by atoms with Crippen molar-refractivity contribution in [1.29, 1.82) is 0 Å². The summed E-state index contributed by atoms with van der Waals surface area (Å²) in [5.41, 5.74) is 0.0374. The monoisotopic (exact) mass is 515 g/mol. The molecule has 1 atom stereocenters. The molecule has 0 heterocycles. The number of carbonyl (C=O) groups is 2. The number of Topliss-reactive ketones (excluding diaryl/α,β-unsaturated/α-hetero) is 1. The van der Waals surface area contributed by atoms with Crippen LogP contribution in [0.2, 0.25) is 5.02 Å². The molecule has 0 N–H and O–H groups in total. The van der Waals surface area contributed by atoms with Crippen LogP contribution in [0.1, 0.15) is 18.9 Å². The van der Waals surface area contributed by atoms with Gasteiger partial charge in [-0.1, -0.05) is 78.3 Å². The minimum absolute atomic E-state index is 0.117. The zero-order chi connectivity index (χ0) is 25.4. The molecule has 182 valence electrons. The fourth-order valence-electron chi connectivity index (χ4n) is 4.67. The molecule has 1 unspecified atom stereocenters. The first kappa shape index (κ1) is 25.8. The van der Waals surface area contributed by atoms with Gasteiger partial charge in [-0.15, -0.1) is 0 Å². The molecule has 0 fully saturated rings. The summed E-state index contributed by atoms with van der Waals surface area (Å²) in [4.78, 5) is 27.9. The van der Waals surface area contributed by atoms with E-state index in [9.17, 15) is 9.59 Å². The number of esters is 1. The summed E-state index contributed by atoms with van der Waals surface area (Å²) in [5.74, 6) is -0.586. The van der Waals surface area contributed by atoms with Crippen LogP contribution in [0, 0.1) is 0 Å². The molecule has 4 aromatic rings. The number of ketones is 1. The van der Waals surface area contributed by atoms with Crippen molar-refractivity contribution in [3.05, 3.63) is 126 Å². The molecule has 0 spiro atoms. The predicted molar refractivity (Wildman–Crippen MR) is 150 cm³/mol. The second-order valence-corrected chi connectivity index (χ2v) is 12.4. The highest BCUT2D eigenvalue weighted by Crippen LogP contribution is 2.60. The normalized spacial score (nSPS) is 12.1. The molecule has 0 radical (unpaired) electrons. The molecule has 0 bridgehead atoms. The number of carbonyl (C=O) groups excluding carboxylic acids is 2. The molecular weight excluding hydrogens is 487 g/mol. The van der Waals surface area contributed by atoms with E-state index in [1.54, 1.807) is 6.92 Å². The van der Waals surface area contributed by atoms with Crippen molar-refractivity contribution in [3.63, 3.8) is 0 Å². The molecule has 0 aliphatic heterocycles. The van der Waals surface area contributed by atoms with Gasteiger partial charge in [0.2, 0.25) is 5.66 Å². The molecule has 4 aromatic carbocycles. The Morgan fingerprint density at radius 1 is 0.722 bits per heavy atom. The fourth-order valence-corrected chi connectivity index (χ4v) is 9.46. The van der Waals surface area contributed by atoms with Crippen molar-refractivity contribution in [2.45, 2.75) is 25.4 Å². The third-order valence-electron chi connectivity index (χ3n) is 6.27. The highest BCUT2D eigenvalue weighted by atomic mass is 35.5. The highest BCUT2D eigenvalue weighted by Gasteiger charge is 2.59. The van der Waals surface area contributed by atoms with Crippen molar-refractivity contribution in [1.82, 2.24) is 0 Å². The molecule has 4 rings (SSSR count). The summed E-state index contributed by atoms with van der Waals surface area (Å²) in [6.45, 7) is 1.99. The number of aryl methyl sites for hydroxylation is 1. The van der Waals surface area contributed by atoms with Crippen LogP contribution in [0.15, 0.2) is 115 Å². The van der Waals surface area contributed by atoms with E-state index in [-0.39, 0.29) is 18.8 Å². The Morgan fingerprint density at radius 2 is 1.17 bits per heavy atom. The third-order valence-corrected chi connectivity index (χ3v) is 11.1. The first-order valence-electron chi connectivity index (χ1n) is 12.1. The maximum atomic E-state index is 14.2. The molecule has 0 saturated heterocycles. The number of halogens is 1. The number of rotatable bonds is 10. The lowest BCUT2D eigenvalue weighted by atomic mass is 10.1. The molecule has 0 aromatic heterocycles. The lowest BCUT2D eigenvalue weighted by molar-refractivity contribution is -0.144. The van der Waals surface area contributed by atoms with Crippen molar-refractivity contribution < 1.29 is 14.3 Å². The van der Waals surface area contributed by atoms with Crippen molar-refractivity contribution in [2.24, 2.45) is 0 Å². The summed E-state index contributed by atoms with van der Waals surface area (Å²) in [7, 11) is -2.78. The number of ether oxygens (including phenoxy) is 1. The van der Waals surface area contributed by atoms with E-state index in [1.165, 1.54) is 0 Å². The van der Waals surface area contributed by atoms with Gasteiger partial charge in [-0.25, -0.2) is 4.79 Å². The van der Waals surface area contributed by atoms with Gasteiger partial charge in [-0.3, -0.25) is 4.79 Å². The van der Waals surface area contributed by atoms with Gasteiger partial charge in [-0.2, -0.15) is 0 Å². The van der Waals surface area contributed by atoms with Gasteiger partial charge >= 0.3 is 5.97 Å². The predicted octanol–water partition coefficient (Wildman–Crippen LogP) is 5.77. The standard InChI is InChI=1S/C31H29ClO3P/c1-2-35-31(34)30(29(33)23-20-24-18-21-25(32)22-19-24)36(26-12-6-3-7-13-26,27-14-8-4-9-15-27)28-16-10-5-11-17-28/h3-19,21-22,30H,2,20,23H2,1H3/q+1. The Balaban J connectivity index is 1.92. The summed E-state index contributed by atoms with van der Waals surface area (Å²) in [6.07, 6.45) is 0.740. The Hall–Kier alpha value is -3.26. The van der Waals surface area contributed by atoms with E-state index in [0.29, 0.717) is 11.4 Å². The van der Waals surface area contributed by atoms with Crippen molar-refractivity contribution in [3.8, 4) is 0 Å². The lowest BCUT2D eigenvalue weighted by Gasteiger charge is -2.32. The Labute approximate surface area is 218 Å². The van der Waals surface area contributed by atoms with Crippen LogP contribution in [-0.4, -0.2) is 24.0 Å². The fraction of sp³-hybridized carbons (Fsp3) is 0.161. The summed E-state index contributed by atoms with van der Waals surface area (Å²) >= 11 is 6.04. The first-order valence-corrected chi connectivity index (χ1v) is 14.3. The minimum atomic E-state index is -2.78. The van der Waals surface area contributed by atoms with Crippen LogP contribution in [0.25, 0.3) is 0 Å². The third kappa shape index (κ3) is 5.43. The van der Waals surface area contributed by atoms with Crippen molar-refractivity contribution in [2.75, 3.05) is 6.61 Å². The largest absolute Gasteiger partial charge is 0.463 e. The van der Waals surface area contributed by atoms with Gasteiger partial charge in [0.15, 0.2) is 5.78 Å². The zero-order valence-corrected chi connectivity index (χ0v) is 21.9. The van der Waals surface area contributed by atoms with Gasteiger partial charge in [0.05, 0.1) is 6.61 Å². The van der Waals surface area contributed by atoms with E-state index < -0.39 is 18.9 Å². The average Bonchev–Trinajstić information content (AvgIpc) is 2.93. The van der Waals surface area contributed by atoms with Crippen LogP contribution < -0.4 is 15.9 Å². The van der Waals surface area contributed by atoms with Crippen LogP contribution in [-0.2, 0) is 20.7 Å². The summed E-state index contributed by atoms with van der Waals surface area (Å²) in [5, 5.41) is 3.57. The summed E-state index contributed by atoms with van der Waals surface area (Å²) < 4.78 is 5.61. The Kier molecular flexibility index (Phi) is 8.70. The SMILES string of the molecule is CCOC(=O)C(C(=O)CCc1ccc(Cl)cc1)[P+](c1ccccc1)(c1ccccc1)c1ccccc1. The maximum Gasteiger partial charge on any atom is 0.356 e. The number of benzene rings is 4. The van der Waals surface area contributed by atoms with Gasteiger partial charge in [0.25, 0.3) is 0 Å². The second kappa shape index (κ2) is 12.1. The molecule has 0 aliphatic carbocycles. The van der Waals surface area contributed by atoms with E-state index in [1.807, 2.05) is 115 Å². The second-order valence-electron chi connectivity index (χ2n) is 8.48. The number of hydrogen-bond donors (Lipinski definition) is 0. The molecule has 0 amide bonds. The van der Waals surface area contributed by atoms with E-state index in [4.69, 9.17) is 16.3 Å². The summed E-state index contributed by atoms with van der Waals surface area (Å²) in [6, 6.07) is 37.4. The van der Waals surface area contributed by atoms with E-state index in [0.717, 1.165) is 21.5 Å². The average molecular weight is 516 g/mol. The van der Waals surface area contributed by atoms with E-state index >= 15 is 0 Å².